The minimum Gasteiger partial charge on any atom is -0.455 e. The van der Waals surface area contributed by atoms with Crippen molar-refractivity contribution in [3.63, 3.8) is 0 Å². The van der Waals surface area contributed by atoms with E-state index < -0.39 is 4.92 Å². The van der Waals surface area contributed by atoms with E-state index in [0.29, 0.717) is 27.6 Å². The Morgan fingerprint density at radius 2 is 2.04 bits per heavy atom. The fourth-order valence-electron chi connectivity index (χ4n) is 3.29. The summed E-state index contributed by atoms with van der Waals surface area (Å²) in [6.07, 6.45) is 5.77. The monoisotopic (exact) mass is 377 g/mol. The first kappa shape index (κ1) is 17.2. The smallest absolute Gasteiger partial charge is 0.280 e. The highest BCUT2D eigenvalue weighted by Crippen LogP contribution is 2.39. The number of nitrogens with zero attached hydrogens (tertiary/aromatic N) is 3. The van der Waals surface area contributed by atoms with Crippen LogP contribution >= 0.6 is 11.3 Å². The van der Waals surface area contributed by atoms with Crippen LogP contribution < -0.4 is 0 Å². The molecule has 0 amide bonds. The molecular weight excluding hydrogens is 362 g/mol. The number of furan rings is 1. The molecule has 7 heteroatoms. The molecule has 0 radical (unpaired) electrons. The van der Waals surface area contributed by atoms with Crippen molar-refractivity contribution in [3.8, 4) is 17.4 Å². The fraction of sp³-hybridized carbons (Fsp3) is 0.200. The van der Waals surface area contributed by atoms with Crippen molar-refractivity contribution in [2.45, 2.75) is 25.7 Å². The summed E-state index contributed by atoms with van der Waals surface area (Å²) >= 11 is 1.56. The zero-order valence-corrected chi connectivity index (χ0v) is 15.2. The highest BCUT2D eigenvalue weighted by Gasteiger charge is 2.20. The summed E-state index contributed by atoms with van der Waals surface area (Å²) in [6.45, 7) is 0. The second-order valence-electron chi connectivity index (χ2n) is 6.24. The van der Waals surface area contributed by atoms with E-state index in [4.69, 9.17) is 4.42 Å². The molecule has 0 saturated heterocycles. The van der Waals surface area contributed by atoms with Crippen molar-refractivity contribution in [1.82, 2.24) is 0 Å². The molecule has 0 spiro atoms. The van der Waals surface area contributed by atoms with Crippen LogP contribution in [0.5, 0.6) is 0 Å². The predicted molar refractivity (Wildman–Crippen MR) is 104 cm³/mol. The Morgan fingerprint density at radius 1 is 1.22 bits per heavy atom. The van der Waals surface area contributed by atoms with Gasteiger partial charge in [0.15, 0.2) is 0 Å². The summed E-state index contributed by atoms with van der Waals surface area (Å²) in [5.74, 6) is 0.896. The molecule has 0 atom stereocenters. The third kappa shape index (κ3) is 3.27. The maximum absolute atomic E-state index is 11.2. The summed E-state index contributed by atoms with van der Waals surface area (Å²) in [7, 11) is 0. The average molecular weight is 377 g/mol. The summed E-state index contributed by atoms with van der Waals surface area (Å²) in [5.41, 5.74) is 2.22. The van der Waals surface area contributed by atoms with Gasteiger partial charge in [-0.2, -0.15) is 5.26 Å². The van der Waals surface area contributed by atoms with E-state index in [0.717, 1.165) is 31.2 Å². The Labute approximate surface area is 159 Å². The Hall–Kier alpha value is -3.24. The van der Waals surface area contributed by atoms with E-state index in [2.05, 4.69) is 11.1 Å². The highest BCUT2D eigenvalue weighted by molar-refractivity contribution is 7.16. The number of para-hydroxylation sites is 1. The fourth-order valence-corrected chi connectivity index (χ4v) is 4.47. The first-order valence-electron chi connectivity index (χ1n) is 8.59. The van der Waals surface area contributed by atoms with Crippen molar-refractivity contribution in [2.24, 2.45) is 4.99 Å². The number of fused-ring (bicyclic) bond motifs is 1. The van der Waals surface area contributed by atoms with Crippen LogP contribution in [0.1, 0.15) is 34.6 Å². The Kier molecular flexibility index (Phi) is 4.57. The third-order valence-electron chi connectivity index (χ3n) is 4.57. The van der Waals surface area contributed by atoms with Crippen LogP contribution in [-0.2, 0) is 12.8 Å². The molecule has 0 bridgehead atoms. The summed E-state index contributed by atoms with van der Waals surface area (Å²) in [5, 5.41) is 21.4. The molecule has 2 aromatic heterocycles. The van der Waals surface area contributed by atoms with Gasteiger partial charge in [-0.05, 0) is 49.4 Å². The van der Waals surface area contributed by atoms with E-state index >= 15 is 0 Å². The zero-order chi connectivity index (χ0) is 18.8. The van der Waals surface area contributed by atoms with Gasteiger partial charge in [0.25, 0.3) is 5.69 Å². The number of aliphatic imine (C=N–C) groups is 1. The van der Waals surface area contributed by atoms with E-state index in [1.807, 2.05) is 0 Å². The molecule has 27 heavy (non-hydrogen) atoms. The Bertz CT molecular complexity index is 1090. The lowest BCUT2D eigenvalue weighted by molar-refractivity contribution is -0.384. The van der Waals surface area contributed by atoms with Crippen LogP contribution in [0.2, 0.25) is 0 Å². The number of nitro benzene ring substituents is 1. The number of benzene rings is 1. The minimum absolute atomic E-state index is 0.00645. The maximum atomic E-state index is 11.2. The van der Waals surface area contributed by atoms with Gasteiger partial charge >= 0.3 is 0 Å². The van der Waals surface area contributed by atoms with Crippen LogP contribution in [0.3, 0.4) is 0 Å². The van der Waals surface area contributed by atoms with E-state index in [-0.39, 0.29) is 5.69 Å². The topological polar surface area (TPSA) is 92.4 Å². The van der Waals surface area contributed by atoms with E-state index in [9.17, 15) is 15.4 Å². The van der Waals surface area contributed by atoms with Crippen molar-refractivity contribution in [3.05, 3.63) is 68.3 Å². The van der Waals surface area contributed by atoms with Gasteiger partial charge in [0, 0.05) is 10.9 Å². The largest absolute Gasteiger partial charge is 0.455 e. The quantitative estimate of drug-likeness (QED) is 0.345. The molecule has 1 aromatic carbocycles. The van der Waals surface area contributed by atoms with Crippen molar-refractivity contribution < 1.29 is 9.34 Å². The molecule has 4 rings (SSSR count). The van der Waals surface area contributed by atoms with Crippen LogP contribution in [0.25, 0.3) is 11.3 Å². The van der Waals surface area contributed by atoms with Gasteiger partial charge in [-0.3, -0.25) is 10.1 Å². The van der Waals surface area contributed by atoms with Crippen LogP contribution in [0.15, 0.2) is 45.8 Å². The molecule has 1 aliphatic carbocycles. The summed E-state index contributed by atoms with van der Waals surface area (Å²) in [4.78, 5) is 16.5. The lowest BCUT2D eigenvalue weighted by Crippen LogP contribution is -1.99. The van der Waals surface area contributed by atoms with Gasteiger partial charge in [-0.25, -0.2) is 4.99 Å². The number of rotatable bonds is 4. The SMILES string of the molecule is N#Cc1c(N=Cc2ccc(-c3ccccc3[N+](=O)[O-])o2)sc2c1CCCC2. The van der Waals surface area contributed by atoms with Gasteiger partial charge in [0.1, 0.15) is 22.6 Å². The average Bonchev–Trinajstić information content (AvgIpc) is 3.30. The van der Waals surface area contributed by atoms with E-state index in [1.165, 1.54) is 10.9 Å². The van der Waals surface area contributed by atoms with Crippen molar-refractivity contribution >= 4 is 28.2 Å². The number of nitro groups is 1. The van der Waals surface area contributed by atoms with Gasteiger partial charge in [0.05, 0.1) is 22.3 Å². The van der Waals surface area contributed by atoms with Crippen LogP contribution in [0, 0.1) is 21.4 Å². The normalized spacial score (nSPS) is 13.4. The lowest BCUT2D eigenvalue weighted by Gasteiger charge is -2.09. The molecule has 0 aliphatic heterocycles. The van der Waals surface area contributed by atoms with Crippen molar-refractivity contribution in [2.75, 3.05) is 0 Å². The standard InChI is InChI=1S/C20H15N3O3S/c21-11-16-14-5-2-4-8-19(14)27-20(16)22-12-13-9-10-18(26-13)15-6-1-3-7-17(15)23(24)25/h1,3,6-7,9-10,12H,2,4-5,8H2. The van der Waals surface area contributed by atoms with Crippen molar-refractivity contribution in [1.29, 1.82) is 5.26 Å². The number of aryl methyl sites for hydroxylation is 1. The highest BCUT2D eigenvalue weighted by atomic mass is 32.1. The Balaban J connectivity index is 1.64. The zero-order valence-electron chi connectivity index (χ0n) is 14.3. The molecule has 2 heterocycles. The Morgan fingerprint density at radius 3 is 2.85 bits per heavy atom. The van der Waals surface area contributed by atoms with Crippen LogP contribution in [0.4, 0.5) is 10.7 Å². The van der Waals surface area contributed by atoms with E-state index in [1.54, 1.807) is 47.9 Å². The third-order valence-corrected chi connectivity index (χ3v) is 5.77. The molecule has 0 fully saturated rings. The molecule has 134 valence electrons. The second kappa shape index (κ2) is 7.17. The molecule has 6 nitrogen and oxygen atoms in total. The predicted octanol–water partition coefficient (Wildman–Crippen LogP) is 5.42. The first-order chi connectivity index (χ1) is 13.2. The number of hydrogen-bond donors (Lipinski definition) is 0. The van der Waals surface area contributed by atoms with Gasteiger partial charge < -0.3 is 4.42 Å². The second-order valence-corrected chi connectivity index (χ2v) is 7.32. The van der Waals surface area contributed by atoms with Crippen LogP contribution in [-0.4, -0.2) is 11.1 Å². The van der Waals surface area contributed by atoms with Gasteiger partial charge in [-0.15, -0.1) is 11.3 Å². The lowest BCUT2D eigenvalue weighted by atomic mass is 9.96. The number of nitriles is 1. The number of hydrogen-bond acceptors (Lipinski definition) is 6. The molecule has 3 aromatic rings. The number of thiophene rings is 1. The molecule has 0 N–H and O–H groups in total. The minimum atomic E-state index is -0.430. The first-order valence-corrected chi connectivity index (χ1v) is 9.41. The summed E-state index contributed by atoms with van der Waals surface area (Å²) < 4.78 is 5.73. The molecule has 0 unspecified atom stereocenters. The molecular formula is C20H15N3O3S. The molecule has 0 saturated carbocycles. The summed E-state index contributed by atoms with van der Waals surface area (Å²) in [6, 6.07) is 12.1. The van der Waals surface area contributed by atoms with Gasteiger partial charge in [-0.1, -0.05) is 12.1 Å². The maximum Gasteiger partial charge on any atom is 0.280 e. The molecule has 1 aliphatic rings. The van der Waals surface area contributed by atoms with Gasteiger partial charge in [0.2, 0.25) is 0 Å².